The molecule has 0 radical (unpaired) electrons. The minimum atomic E-state index is 0.363. The van der Waals surface area contributed by atoms with Crippen LogP contribution in [0, 0.1) is 6.92 Å². The van der Waals surface area contributed by atoms with E-state index < -0.39 is 0 Å². The highest BCUT2D eigenvalue weighted by Crippen LogP contribution is 2.22. The predicted molar refractivity (Wildman–Crippen MR) is 59.1 cm³/mol. The molecule has 2 nitrogen and oxygen atoms in total. The molecule has 0 saturated carbocycles. The first-order valence-electron chi connectivity index (χ1n) is 5.31. The van der Waals surface area contributed by atoms with Crippen molar-refractivity contribution >= 4 is 0 Å². The highest BCUT2D eigenvalue weighted by molar-refractivity contribution is 5.24. The fourth-order valence-corrected chi connectivity index (χ4v) is 2.00. The van der Waals surface area contributed by atoms with Crippen molar-refractivity contribution in [1.82, 2.24) is 5.32 Å². The first kappa shape index (κ1) is 9.69. The third-order valence-electron chi connectivity index (χ3n) is 2.92. The smallest absolute Gasteiger partial charge is 0.0334 e. The molecule has 2 rings (SSSR count). The van der Waals surface area contributed by atoms with Crippen LogP contribution in [0.2, 0.25) is 0 Å². The normalized spacial score (nSPS) is 27.6. The van der Waals surface area contributed by atoms with Crippen LogP contribution in [-0.2, 0) is 0 Å². The SMILES string of the molecule is Cc1ccc([C@@H]2C[C@@H](N)CCN2)cc1. The minimum absolute atomic E-state index is 0.363. The molecule has 0 spiro atoms. The molecule has 3 N–H and O–H groups in total. The van der Waals surface area contributed by atoms with Gasteiger partial charge in [-0.2, -0.15) is 0 Å². The molecule has 1 aromatic rings. The van der Waals surface area contributed by atoms with E-state index in [1.54, 1.807) is 0 Å². The molecule has 0 aromatic heterocycles. The average Bonchev–Trinajstić information content (AvgIpc) is 2.19. The third kappa shape index (κ3) is 2.14. The summed E-state index contributed by atoms with van der Waals surface area (Å²) in [6.07, 6.45) is 2.16. The summed E-state index contributed by atoms with van der Waals surface area (Å²) in [5.41, 5.74) is 8.63. The Hall–Kier alpha value is -0.860. The van der Waals surface area contributed by atoms with Crippen LogP contribution >= 0.6 is 0 Å². The summed E-state index contributed by atoms with van der Waals surface area (Å²) in [4.78, 5) is 0. The highest BCUT2D eigenvalue weighted by atomic mass is 14.9. The molecular weight excluding hydrogens is 172 g/mol. The van der Waals surface area contributed by atoms with Crippen LogP contribution in [0.25, 0.3) is 0 Å². The van der Waals surface area contributed by atoms with Gasteiger partial charge in [-0.3, -0.25) is 0 Å². The zero-order valence-corrected chi connectivity index (χ0v) is 8.66. The Bertz CT molecular complexity index is 292. The standard InChI is InChI=1S/C12H18N2/c1-9-2-4-10(5-3-9)12-8-11(13)6-7-14-12/h2-5,11-12,14H,6-8,13H2,1H3/t11-,12-/m0/s1. The van der Waals surface area contributed by atoms with Gasteiger partial charge >= 0.3 is 0 Å². The van der Waals surface area contributed by atoms with E-state index in [9.17, 15) is 0 Å². The van der Waals surface area contributed by atoms with E-state index >= 15 is 0 Å². The van der Waals surface area contributed by atoms with Gasteiger partial charge < -0.3 is 11.1 Å². The first-order valence-corrected chi connectivity index (χ1v) is 5.31. The number of nitrogens with one attached hydrogen (secondary N) is 1. The summed E-state index contributed by atoms with van der Waals surface area (Å²) in [5.74, 6) is 0. The fourth-order valence-electron chi connectivity index (χ4n) is 2.00. The Balaban J connectivity index is 2.10. The van der Waals surface area contributed by atoms with Gasteiger partial charge in [0.25, 0.3) is 0 Å². The van der Waals surface area contributed by atoms with Gasteiger partial charge in [-0.15, -0.1) is 0 Å². The van der Waals surface area contributed by atoms with Crippen molar-refractivity contribution in [3.05, 3.63) is 35.4 Å². The van der Waals surface area contributed by atoms with Crippen LogP contribution in [-0.4, -0.2) is 12.6 Å². The Labute approximate surface area is 85.5 Å². The molecule has 1 aromatic carbocycles. The number of rotatable bonds is 1. The van der Waals surface area contributed by atoms with Gasteiger partial charge in [0.1, 0.15) is 0 Å². The van der Waals surface area contributed by atoms with Crippen LogP contribution < -0.4 is 11.1 Å². The van der Waals surface area contributed by atoms with Crippen molar-refractivity contribution < 1.29 is 0 Å². The number of hydrogen-bond donors (Lipinski definition) is 2. The second-order valence-electron chi connectivity index (χ2n) is 4.20. The molecule has 1 fully saturated rings. The van der Waals surface area contributed by atoms with E-state index in [1.165, 1.54) is 11.1 Å². The van der Waals surface area contributed by atoms with Gasteiger partial charge in [0.05, 0.1) is 0 Å². The molecule has 0 amide bonds. The second-order valence-corrected chi connectivity index (χ2v) is 4.20. The van der Waals surface area contributed by atoms with E-state index in [2.05, 4.69) is 36.5 Å². The summed E-state index contributed by atoms with van der Waals surface area (Å²) in [7, 11) is 0. The fraction of sp³-hybridized carbons (Fsp3) is 0.500. The highest BCUT2D eigenvalue weighted by Gasteiger charge is 2.19. The van der Waals surface area contributed by atoms with Crippen LogP contribution in [0.15, 0.2) is 24.3 Å². The van der Waals surface area contributed by atoms with E-state index in [4.69, 9.17) is 5.73 Å². The van der Waals surface area contributed by atoms with Gasteiger partial charge in [0.2, 0.25) is 0 Å². The van der Waals surface area contributed by atoms with Crippen molar-refractivity contribution in [2.75, 3.05) is 6.54 Å². The van der Waals surface area contributed by atoms with Crippen molar-refractivity contribution in [3.8, 4) is 0 Å². The van der Waals surface area contributed by atoms with Crippen molar-refractivity contribution in [1.29, 1.82) is 0 Å². The maximum Gasteiger partial charge on any atom is 0.0334 e. The van der Waals surface area contributed by atoms with Crippen LogP contribution in [0.4, 0.5) is 0 Å². The second kappa shape index (κ2) is 4.11. The summed E-state index contributed by atoms with van der Waals surface area (Å²) in [6.45, 7) is 3.16. The Morgan fingerprint density at radius 2 is 2.00 bits per heavy atom. The van der Waals surface area contributed by atoms with Crippen molar-refractivity contribution in [2.24, 2.45) is 5.73 Å². The quantitative estimate of drug-likeness (QED) is 0.708. The zero-order valence-electron chi connectivity index (χ0n) is 8.66. The largest absolute Gasteiger partial charge is 0.328 e. The molecule has 2 atom stereocenters. The molecule has 14 heavy (non-hydrogen) atoms. The third-order valence-corrected chi connectivity index (χ3v) is 2.92. The van der Waals surface area contributed by atoms with E-state index in [0.717, 1.165) is 19.4 Å². The number of aryl methyl sites for hydroxylation is 1. The van der Waals surface area contributed by atoms with Gasteiger partial charge in [0.15, 0.2) is 0 Å². The molecule has 0 unspecified atom stereocenters. The molecule has 76 valence electrons. The summed E-state index contributed by atoms with van der Waals surface area (Å²) in [6, 6.07) is 9.55. The topological polar surface area (TPSA) is 38.0 Å². The number of nitrogens with two attached hydrogens (primary N) is 1. The van der Waals surface area contributed by atoms with E-state index in [0.29, 0.717) is 12.1 Å². The molecule has 0 bridgehead atoms. The van der Waals surface area contributed by atoms with Gasteiger partial charge in [-0.1, -0.05) is 29.8 Å². The molecular formula is C12H18N2. The lowest BCUT2D eigenvalue weighted by atomic mass is 9.94. The molecule has 1 aliphatic heterocycles. The van der Waals surface area contributed by atoms with Gasteiger partial charge in [0, 0.05) is 12.1 Å². The molecule has 1 saturated heterocycles. The summed E-state index contributed by atoms with van der Waals surface area (Å²) < 4.78 is 0. The van der Waals surface area contributed by atoms with Crippen LogP contribution in [0.1, 0.15) is 30.0 Å². The lowest BCUT2D eigenvalue weighted by molar-refractivity contribution is 0.369. The lowest BCUT2D eigenvalue weighted by Gasteiger charge is -2.28. The summed E-state index contributed by atoms with van der Waals surface area (Å²) >= 11 is 0. The maximum absolute atomic E-state index is 5.95. The number of piperidine rings is 1. The maximum atomic E-state index is 5.95. The van der Waals surface area contributed by atoms with E-state index in [1.807, 2.05) is 0 Å². The monoisotopic (exact) mass is 190 g/mol. The molecule has 2 heteroatoms. The summed E-state index contributed by atoms with van der Waals surface area (Å²) in [5, 5.41) is 3.51. The van der Waals surface area contributed by atoms with Crippen LogP contribution in [0.5, 0.6) is 0 Å². The molecule has 0 aliphatic carbocycles. The molecule has 1 aliphatic rings. The number of benzene rings is 1. The average molecular weight is 190 g/mol. The van der Waals surface area contributed by atoms with Gasteiger partial charge in [-0.25, -0.2) is 0 Å². The first-order chi connectivity index (χ1) is 6.75. The molecule has 1 heterocycles. The van der Waals surface area contributed by atoms with Crippen molar-refractivity contribution in [3.63, 3.8) is 0 Å². The van der Waals surface area contributed by atoms with Crippen LogP contribution in [0.3, 0.4) is 0 Å². The number of hydrogen-bond acceptors (Lipinski definition) is 2. The van der Waals surface area contributed by atoms with Gasteiger partial charge in [-0.05, 0) is 31.9 Å². The van der Waals surface area contributed by atoms with E-state index in [-0.39, 0.29) is 0 Å². The lowest BCUT2D eigenvalue weighted by Crippen LogP contribution is -2.38. The Morgan fingerprint density at radius 1 is 1.29 bits per heavy atom. The zero-order chi connectivity index (χ0) is 9.97. The van der Waals surface area contributed by atoms with Crippen molar-refractivity contribution in [2.45, 2.75) is 31.8 Å². The predicted octanol–water partition coefficient (Wildman–Crippen LogP) is 1.75. The Kier molecular flexibility index (Phi) is 2.85. The Morgan fingerprint density at radius 3 is 2.64 bits per heavy atom. The minimum Gasteiger partial charge on any atom is -0.328 e.